The summed E-state index contributed by atoms with van der Waals surface area (Å²) < 4.78 is 29.0. The summed E-state index contributed by atoms with van der Waals surface area (Å²) in [5, 5.41) is 7.91. The Bertz CT molecular complexity index is 830. The first-order valence-corrected chi connectivity index (χ1v) is 9.70. The van der Waals surface area contributed by atoms with Crippen LogP contribution in [0.5, 0.6) is 5.75 Å². The van der Waals surface area contributed by atoms with E-state index in [1.54, 1.807) is 24.3 Å². The van der Waals surface area contributed by atoms with Crippen LogP contribution in [0.25, 0.3) is 0 Å². The third kappa shape index (κ3) is 6.45. The van der Waals surface area contributed by atoms with E-state index in [9.17, 15) is 13.2 Å². The zero-order valence-electron chi connectivity index (χ0n) is 15.0. The fraction of sp³-hybridized carbons (Fsp3) is 0.333. The van der Waals surface area contributed by atoms with Gasteiger partial charge in [0, 0.05) is 31.1 Å². The average molecular weight is 390 g/mol. The highest BCUT2D eigenvalue weighted by Crippen LogP contribution is 2.15. The predicted molar refractivity (Wildman–Crippen MR) is 103 cm³/mol. The number of esters is 1. The molecule has 27 heavy (non-hydrogen) atoms. The molecule has 0 aliphatic rings. The minimum atomic E-state index is -2.87. The van der Waals surface area contributed by atoms with E-state index in [4.69, 9.17) is 10.1 Å². The molecule has 0 atom stereocenters. The molecule has 0 spiro atoms. The summed E-state index contributed by atoms with van der Waals surface area (Å²) in [6.07, 6.45) is 6.15. The standard InChI is InChI=1S/C18H22N4O4S/c1-2-4-16(19)14-6-8-15(9-7-14)26-18(23)5-3-12-22(27(24)25)17-13-20-10-11-21-17/h6-11,13,19,27H,2-5,12H2,1H3. The number of anilines is 1. The van der Waals surface area contributed by atoms with Crippen LogP contribution >= 0.6 is 0 Å². The smallest absolute Gasteiger partial charge is 0.311 e. The second kappa shape index (κ2) is 10.4. The molecule has 1 heterocycles. The predicted octanol–water partition coefficient (Wildman–Crippen LogP) is 2.36. The Morgan fingerprint density at radius 3 is 2.52 bits per heavy atom. The van der Waals surface area contributed by atoms with Crippen molar-refractivity contribution in [2.24, 2.45) is 0 Å². The molecule has 9 heteroatoms. The van der Waals surface area contributed by atoms with Crippen molar-refractivity contribution in [1.82, 2.24) is 9.97 Å². The molecule has 0 radical (unpaired) electrons. The average Bonchev–Trinajstić information content (AvgIpc) is 2.66. The first-order chi connectivity index (χ1) is 13.0. The van der Waals surface area contributed by atoms with E-state index in [1.807, 2.05) is 6.92 Å². The maximum absolute atomic E-state index is 12.0. The zero-order valence-corrected chi connectivity index (χ0v) is 15.9. The van der Waals surface area contributed by atoms with Gasteiger partial charge in [0.1, 0.15) is 5.75 Å². The molecule has 8 nitrogen and oxygen atoms in total. The van der Waals surface area contributed by atoms with Gasteiger partial charge < -0.3 is 10.1 Å². The number of thiol groups is 1. The van der Waals surface area contributed by atoms with E-state index in [1.165, 1.54) is 18.6 Å². The molecule has 0 bridgehead atoms. The highest BCUT2D eigenvalue weighted by atomic mass is 32.2. The van der Waals surface area contributed by atoms with Gasteiger partial charge in [0.25, 0.3) is 0 Å². The van der Waals surface area contributed by atoms with Crippen molar-refractivity contribution in [1.29, 1.82) is 5.41 Å². The maximum Gasteiger partial charge on any atom is 0.311 e. The van der Waals surface area contributed by atoms with Gasteiger partial charge >= 0.3 is 5.97 Å². The molecule has 1 aromatic carbocycles. The SMILES string of the molecule is CCCC(=N)c1ccc(OC(=O)CCCN(c2cnccn2)[SH](=O)=O)cc1. The van der Waals surface area contributed by atoms with Crippen LogP contribution in [0.2, 0.25) is 0 Å². The van der Waals surface area contributed by atoms with Gasteiger partial charge in [0.15, 0.2) is 5.82 Å². The van der Waals surface area contributed by atoms with E-state index in [2.05, 4.69) is 9.97 Å². The van der Waals surface area contributed by atoms with Crippen LogP contribution in [-0.2, 0) is 15.7 Å². The molecular weight excluding hydrogens is 368 g/mol. The number of nitrogens with one attached hydrogen (secondary N) is 1. The molecule has 0 unspecified atom stereocenters. The van der Waals surface area contributed by atoms with E-state index < -0.39 is 16.9 Å². The lowest BCUT2D eigenvalue weighted by molar-refractivity contribution is -0.134. The van der Waals surface area contributed by atoms with Gasteiger partial charge in [-0.15, -0.1) is 0 Å². The number of hydrogen-bond donors (Lipinski definition) is 2. The number of aromatic nitrogens is 2. The largest absolute Gasteiger partial charge is 0.427 e. The minimum Gasteiger partial charge on any atom is -0.427 e. The van der Waals surface area contributed by atoms with Crippen LogP contribution in [0.1, 0.15) is 38.2 Å². The topological polar surface area (TPSA) is 113 Å². The molecule has 144 valence electrons. The third-order valence-electron chi connectivity index (χ3n) is 3.70. The van der Waals surface area contributed by atoms with Gasteiger partial charge in [-0.3, -0.25) is 14.1 Å². The van der Waals surface area contributed by atoms with Gasteiger partial charge in [0.05, 0.1) is 6.20 Å². The lowest BCUT2D eigenvalue weighted by Gasteiger charge is -2.15. The van der Waals surface area contributed by atoms with Crippen molar-refractivity contribution in [3.05, 3.63) is 48.4 Å². The van der Waals surface area contributed by atoms with Crippen molar-refractivity contribution in [3.8, 4) is 5.75 Å². The quantitative estimate of drug-likeness (QED) is 0.279. The summed E-state index contributed by atoms with van der Waals surface area (Å²) in [5.74, 6) is 0.160. The van der Waals surface area contributed by atoms with Crippen LogP contribution in [0.4, 0.5) is 5.82 Å². The van der Waals surface area contributed by atoms with Gasteiger partial charge in [-0.1, -0.05) is 13.3 Å². The van der Waals surface area contributed by atoms with Crippen LogP contribution in [0, 0.1) is 5.41 Å². The first-order valence-electron chi connectivity index (χ1n) is 8.57. The maximum atomic E-state index is 12.0. The van der Waals surface area contributed by atoms with Gasteiger partial charge in [0.2, 0.25) is 10.9 Å². The molecule has 0 amide bonds. The number of rotatable bonds is 10. The molecule has 1 N–H and O–H groups in total. The summed E-state index contributed by atoms with van der Waals surface area (Å²) in [6, 6.07) is 6.80. The van der Waals surface area contributed by atoms with Crippen LogP contribution < -0.4 is 9.04 Å². The number of hydrogen-bond acceptors (Lipinski definition) is 7. The monoisotopic (exact) mass is 390 g/mol. The Hall–Kier alpha value is -2.81. The van der Waals surface area contributed by atoms with Crippen LogP contribution in [-0.4, -0.2) is 36.6 Å². The van der Waals surface area contributed by atoms with E-state index in [0.29, 0.717) is 17.9 Å². The van der Waals surface area contributed by atoms with Crippen LogP contribution in [0.15, 0.2) is 42.9 Å². The van der Waals surface area contributed by atoms with E-state index in [-0.39, 0.29) is 25.2 Å². The van der Waals surface area contributed by atoms with Crippen molar-refractivity contribution in [2.45, 2.75) is 32.6 Å². The fourth-order valence-electron chi connectivity index (χ4n) is 2.38. The number of nitrogens with zero attached hydrogens (tertiary/aromatic N) is 3. The van der Waals surface area contributed by atoms with Crippen LogP contribution in [0.3, 0.4) is 0 Å². The Labute approximate surface area is 159 Å². The number of carbonyl (C=O) groups excluding carboxylic acids is 1. The lowest BCUT2D eigenvalue weighted by Crippen LogP contribution is -2.24. The number of ether oxygens (including phenoxy) is 1. The van der Waals surface area contributed by atoms with Gasteiger partial charge in [-0.25, -0.2) is 13.4 Å². The van der Waals surface area contributed by atoms with E-state index >= 15 is 0 Å². The Morgan fingerprint density at radius 1 is 1.19 bits per heavy atom. The Balaban J connectivity index is 1.84. The molecule has 0 aliphatic carbocycles. The fourth-order valence-corrected chi connectivity index (χ4v) is 2.95. The summed E-state index contributed by atoms with van der Waals surface area (Å²) in [4.78, 5) is 19.7. The minimum absolute atomic E-state index is 0.0628. The molecule has 2 rings (SSSR count). The first kappa shape index (κ1) is 20.5. The molecule has 1 aromatic heterocycles. The highest BCUT2D eigenvalue weighted by molar-refractivity contribution is 7.74. The summed E-state index contributed by atoms with van der Waals surface area (Å²) in [7, 11) is -2.87. The molecule has 0 saturated heterocycles. The van der Waals surface area contributed by atoms with Crippen molar-refractivity contribution in [2.75, 3.05) is 10.8 Å². The lowest BCUT2D eigenvalue weighted by atomic mass is 10.1. The second-order valence-corrected chi connectivity index (χ2v) is 6.71. The van der Waals surface area contributed by atoms with Gasteiger partial charge in [-0.05, 0) is 42.7 Å². The van der Waals surface area contributed by atoms with Crippen molar-refractivity contribution >= 4 is 28.4 Å². The molecule has 0 aliphatic heterocycles. The van der Waals surface area contributed by atoms with Crippen molar-refractivity contribution < 1.29 is 17.9 Å². The molecule has 2 aromatic rings. The summed E-state index contributed by atoms with van der Waals surface area (Å²) >= 11 is 0. The molecular formula is C18H22N4O4S. The van der Waals surface area contributed by atoms with E-state index in [0.717, 1.165) is 16.3 Å². The third-order valence-corrected chi connectivity index (χ3v) is 4.50. The highest BCUT2D eigenvalue weighted by Gasteiger charge is 2.12. The summed E-state index contributed by atoms with van der Waals surface area (Å²) in [5.41, 5.74) is 1.35. The summed E-state index contributed by atoms with van der Waals surface area (Å²) in [6.45, 7) is 2.12. The molecule has 0 saturated carbocycles. The number of benzene rings is 1. The molecule has 0 fully saturated rings. The number of carbonyl (C=O) groups is 1. The Kier molecular flexibility index (Phi) is 7.87. The Morgan fingerprint density at radius 2 is 1.93 bits per heavy atom. The zero-order chi connectivity index (χ0) is 19.6. The normalized spacial score (nSPS) is 10.6. The van der Waals surface area contributed by atoms with Gasteiger partial charge in [-0.2, -0.15) is 0 Å². The van der Waals surface area contributed by atoms with Crippen molar-refractivity contribution in [3.63, 3.8) is 0 Å². The second-order valence-electron chi connectivity index (χ2n) is 5.76.